The van der Waals surface area contributed by atoms with Gasteiger partial charge in [0.25, 0.3) is 5.91 Å². The van der Waals surface area contributed by atoms with Gasteiger partial charge in [-0.05, 0) is 73.3 Å². The largest absolute Gasteiger partial charge is 0.453 e. The maximum Gasteiger partial charge on any atom is 0.407 e. The molecule has 4 unspecified atom stereocenters. The van der Waals surface area contributed by atoms with E-state index in [4.69, 9.17) is 9.47 Å². The summed E-state index contributed by atoms with van der Waals surface area (Å²) in [6, 6.07) is 12.3. The number of aromatic amines is 1. The lowest BCUT2D eigenvalue weighted by molar-refractivity contribution is -0.144. The monoisotopic (exact) mass is 786 g/mol. The second-order valence-electron chi connectivity index (χ2n) is 15.2. The number of likely N-dealkylation sites (tertiary alicyclic amines) is 2. The molecule has 56 heavy (non-hydrogen) atoms. The maximum absolute atomic E-state index is 13.8. The van der Waals surface area contributed by atoms with E-state index in [0.29, 0.717) is 36.9 Å². The Kier molecular flexibility index (Phi) is 12.0. The van der Waals surface area contributed by atoms with Gasteiger partial charge in [-0.25, -0.2) is 19.6 Å². The fourth-order valence-electron chi connectivity index (χ4n) is 7.50. The summed E-state index contributed by atoms with van der Waals surface area (Å²) in [5.74, 6) is -0.445. The zero-order valence-corrected chi connectivity index (χ0v) is 33.6. The van der Waals surface area contributed by atoms with Gasteiger partial charge in [-0.1, -0.05) is 69.4 Å². The number of thiazole rings is 1. The summed E-state index contributed by atoms with van der Waals surface area (Å²) >= 11 is 1.36. The SMILES string of the molecule is COC(=O)NC(C(=O)N1CCCC1c1ncc(-c2ccc(-c3ccc4nc(NC(=O)C5(C)CCCN5C(=O)C(NC(=O)OC)C(C)C)sc4c3)cc2)[nH]1)C(C)C. The molecule has 0 radical (unpaired) electrons. The summed E-state index contributed by atoms with van der Waals surface area (Å²) in [7, 11) is 2.53. The van der Waals surface area contributed by atoms with E-state index < -0.39 is 29.8 Å². The van der Waals surface area contributed by atoms with Gasteiger partial charge in [0.2, 0.25) is 11.8 Å². The van der Waals surface area contributed by atoms with Crippen LogP contribution in [0.1, 0.15) is 72.2 Å². The van der Waals surface area contributed by atoms with Gasteiger partial charge in [0.1, 0.15) is 23.4 Å². The number of carbonyl (C=O) groups is 5. The van der Waals surface area contributed by atoms with E-state index >= 15 is 0 Å². The van der Waals surface area contributed by atoms with Crippen LogP contribution in [-0.2, 0) is 23.9 Å². The van der Waals surface area contributed by atoms with Crippen molar-refractivity contribution in [2.45, 2.75) is 84.0 Å². The minimum atomic E-state index is -1.11. The van der Waals surface area contributed by atoms with Crippen LogP contribution in [0, 0.1) is 11.8 Å². The van der Waals surface area contributed by atoms with Crippen molar-refractivity contribution in [1.29, 1.82) is 0 Å². The number of benzene rings is 2. The lowest BCUT2D eigenvalue weighted by atomic mass is 9.95. The van der Waals surface area contributed by atoms with Gasteiger partial charge < -0.3 is 34.9 Å². The van der Waals surface area contributed by atoms with Crippen LogP contribution in [-0.4, -0.2) is 99.6 Å². The Hall–Kier alpha value is -5.51. The predicted molar refractivity (Wildman–Crippen MR) is 213 cm³/mol. The number of imidazole rings is 1. The van der Waals surface area contributed by atoms with Gasteiger partial charge in [-0.3, -0.25) is 19.7 Å². The number of hydrogen-bond acceptors (Lipinski definition) is 10. The molecule has 2 aromatic heterocycles. The first-order chi connectivity index (χ1) is 26.7. The van der Waals surface area contributed by atoms with Crippen molar-refractivity contribution < 1.29 is 33.4 Å². The Labute approximate surface area is 329 Å². The summed E-state index contributed by atoms with van der Waals surface area (Å²) in [5.41, 5.74) is 3.36. The van der Waals surface area contributed by atoms with Gasteiger partial charge in [0, 0.05) is 13.1 Å². The lowest BCUT2D eigenvalue weighted by Gasteiger charge is -2.36. The molecule has 0 bridgehead atoms. The van der Waals surface area contributed by atoms with E-state index in [9.17, 15) is 24.0 Å². The molecule has 6 rings (SSSR count). The fourth-order valence-corrected chi connectivity index (χ4v) is 8.40. The smallest absolute Gasteiger partial charge is 0.407 e. The Bertz CT molecular complexity index is 2100. The van der Waals surface area contributed by atoms with Crippen LogP contribution < -0.4 is 16.0 Å². The van der Waals surface area contributed by atoms with Gasteiger partial charge in [-0.15, -0.1) is 0 Å². The van der Waals surface area contributed by atoms with E-state index in [2.05, 4.69) is 30.9 Å². The minimum Gasteiger partial charge on any atom is -0.453 e. The zero-order chi connectivity index (χ0) is 40.3. The summed E-state index contributed by atoms with van der Waals surface area (Å²) in [6.07, 6.45) is 3.17. The Balaban J connectivity index is 1.13. The Morgan fingerprint density at radius 1 is 0.857 bits per heavy atom. The number of nitrogens with zero attached hydrogens (tertiary/aromatic N) is 4. The van der Waals surface area contributed by atoms with Crippen LogP contribution in [0.2, 0.25) is 0 Å². The number of amides is 5. The molecule has 4 atom stereocenters. The summed E-state index contributed by atoms with van der Waals surface area (Å²) in [4.78, 5) is 80.9. The quantitative estimate of drug-likeness (QED) is 0.139. The number of H-pyrrole nitrogens is 1. The van der Waals surface area contributed by atoms with Crippen molar-refractivity contribution in [3.63, 3.8) is 0 Å². The van der Waals surface area contributed by atoms with Crippen LogP contribution in [0.3, 0.4) is 0 Å². The van der Waals surface area contributed by atoms with Crippen LogP contribution in [0.4, 0.5) is 14.7 Å². The molecule has 4 heterocycles. The Morgan fingerprint density at radius 2 is 1.48 bits per heavy atom. The van der Waals surface area contributed by atoms with E-state index in [1.807, 2.05) is 70.2 Å². The first kappa shape index (κ1) is 40.2. The number of fused-ring (bicyclic) bond motifs is 1. The highest BCUT2D eigenvalue weighted by Crippen LogP contribution is 2.36. The van der Waals surface area contributed by atoms with Gasteiger partial charge in [-0.2, -0.15) is 0 Å². The molecule has 4 aromatic rings. The van der Waals surface area contributed by atoms with Crippen molar-refractivity contribution in [3.05, 3.63) is 54.5 Å². The lowest BCUT2D eigenvalue weighted by Crippen LogP contribution is -2.59. The molecule has 5 amide bonds. The van der Waals surface area contributed by atoms with Crippen LogP contribution in [0.25, 0.3) is 32.6 Å². The number of alkyl carbamates (subject to hydrolysis) is 2. The molecule has 4 N–H and O–H groups in total. The molecular formula is C40H50N8O7S. The number of anilines is 1. The second kappa shape index (κ2) is 16.7. The summed E-state index contributed by atoms with van der Waals surface area (Å²) in [5, 5.41) is 8.70. The first-order valence-corrected chi connectivity index (χ1v) is 19.7. The number of methoxy groups -OCH3 is 2. The van der Waals surface area contributed by atoms with Crippen LogP contribution >= 0.6 is 11.3 Å². The molecule has 0 spiro atoms. The number of rotatable bonds is 11. The molecule has 2 aromatic carbocycles. The van der Waals surface area contributed by atoms with Crippen molar-refractivity contribution in [1.82, 2.24) is 35.4 Å². The highest BCUT2D eigenvalue weighted by Gasteiger charge is 2.48. The van der Waals surface area contributed by atoms with Crippen LogP contribution in [0.5, 0.6) is 0 Å². The fraction of sp³-hybridized carbons (Fsp3) is 0.475. The van der Waals surface area contributed by atoms with Gasteiger partial charge in [0.15, 0.2) is 5.13 Å². The molecule has 0 aliphatic carbocycles. The minimum absolute atomic E-state index is 0.119. The number of nitrogens with one attached hydrogen (secondary N) is 4. The molecular weight excluding hydrogens is 737 g/mol. The van der Waals surface area contributed by atoms with E-state index in [1.54, 1.807) is 22.9 Å². The zero-order valence-electron chi connectivity index (χ0n) is 32.8. The molecule has 298 valence electrons. The third kappa shape index (κ3) is 8.20. The average molecular weight is 787 g/mol. The highest BCUT2D eigenvalue weighted by atomic mass is 32.1. The number of hydrogen-bond donors (Lipinski definition) is 4. The average Bonchev–Trinajstić information content (AvgIpc) is 4.01. The van der Waals surface area contributed by atoms with E-state index in [1.165, 1.54) is 25.6 Å². The first-order valence-electron chi connectivity index (χ1n) is 18.9. The predicted octanol–water partition coefficient (Wildman–Crippen LogP) is 6.10. The third-order valence-corrected chi connectivity index (χ3v) is 11.7. The van der Waals surface area contributed by atoms with Crippen LogP contribution in [0.15, 0.2) is 48.7 Å². The van der Waals surface area contributed by atoms with Crippen molar-refractivity contribution in [3.8, 4) is 22.4 Å². The second-order valence-corrected chi connectivity index (χ2v) is 16.2. The number of aromatic nitrogens is 3. The molecule has 0 saturated carbocycles. The Morgan fingerprint density at radius 3 is 2.12 bits per heavy atom. The van der Waals surface area contributed by atoms with E-state index in [0.717, 1.165) is 45.4 Å². The third-order valence-electron chi connectivity index (χ3n) is 10.8. The molecule has 2 aliphatic heterocycles. The highest BCUT2D eigenvalue weighted by molar-refractivity contribution is 7.22. The standard InChI is InChI=1S/C40H50N8O7S/c1-22(2)31(44-38(52)54-6)34(49)47-18-8-10-29(47)33-41-21-28(42-33)25-13-11-24(12-14-25)26-15-16-27-30(20-26)56-37(43-27)46-36(51)40(5)17-9-19-48(40)35(50)32(23(3)4)45-39(53)55-7/h11-16,20-23,29,31-32H,8-10,17-19H2,1-7H3,(H,41,42)(H,44,52)(H,45,53)(H,43,46,51). The molecule has 2 fully saturated rings. The summed E-state index contributed by atoms with van der Waals surface area (Å²) in [6.45, 7) is 10.2. The van der Waals surface area contributed by atoms with Crippen molar-refractivity contribution in [2.75, 3.05) is 32.6 Å². The molecule has 2 saturated heterocycles. The maximum atomic E-state index is 13.8. The van der Waals surface area contributed by atoms with Gasteiger partial charge in [0.05, 0.1) is 42.4 Å². The van der Waals surface area contributed by atoms with E-state index in [-0.39, 0.29) is 35.6 Å². The number of carbonyl (C=O) groups excluding carboxylic acids is 5. The normalized spacial score (nSPS) is 19.3. The topological polar surface area (TPSA) is 188 Å². The summed E-state index contributed by atoms with van der Waals surface area (Å²) < 4.78 is 10.4. The number of ether oxygens (including phenoxy) is 2. The molecule has 2 aliphatic rings. The van der Waals surface area contributed by atoms with Gasteiger partial charge >= 0.3 is 12.2 Å². The molecule has 15 nitrogen and oxygen atoms in total. The van der Waals surface area contributed by atoms with Crippen molar-refractivity contribution >= 4 is 56.6 Å². The molecule has 16 heteroatoms. The van der Waals surface area contributed by atoms with Crippen molar-refractivity contribution in [2.24, 2.45) is 11.8 Å².